The standard InChI is InChI=1S/C14H19ClN2O3.ClH/c1-17(14(18)13-10-16-5-7-20-13)6-8-19-12-4-2-3-11(15)9-12;/h2-4,9,13,16H,5-8,10H2,1H3;1H. The first-order valence-electron chi connectivity index (χ1n) is 6.62. The van der Waals surface area contributed by atoms with Crippen molar-refractivity contribution in [3.63, 3.8) is 0 Å². The normalized spacial score (nSPS) is 17.7. The molecule has 118 valence electrons. The van der Waals surface area contributed by atoms with Crippen molar-refractivity contribution < 1.29 is 14.3 Å². The lowest BCUT2D eigenvalue weighted by atomic mass is 10.2. The Morgan fingerprint density at radius 2 is 2.38 bits per heavy atom. The molecule has 1 aliphatic rings. The van der Waals surface area contributed by atoms with Crippen LogP contribution in [-0.4, -0.2) is 56.8 Å². The molecule has 1 aliphatic heterocycles. The van der Waals surface area contributed by atoms with Gasteiger partial charge in [0.05, 0.1) is 13.2 Å². The van der Waals surface area contributed by atoms with E-state index in [9.17, 15) is 4.79 Å². The Kier molecular flexibility index (Phi) is 7.82. The molecular formula is C14H20Cl2N2O3. The van der Waals surface area contributed by atoms with E-state index in [1.807, 2.05) is 12.1 Å². The number of hydrogen-bond acceptors (Lipinski definition) is 4. The Morgan fingerprint density at radius 1 is 1.57 bits per heavy atom. The van der Waals surface area contributed by atoms with Gasteiger partial charge in [0.15, 0.2) is 0 Å². The molecule has 0 bridgehead atoms. The van der Waals surface area contributed by atoms with Crippen LogP contribution in [0.25, 0.3) is 0 Å². The van der Waals surface area contributed by atoms with Crippen molar-refractivity contribution in [2.75, 3.05) is 39.9 Å². The zero-order chi connectivity index (χ0) is 14.4. The van der Waals surface area contributed by atoms with Gasteiger partial charge in [0.2, 0.25) is 0 Å². The number of hydrogen-bond donors (Lipinski definition) is 1. The summed E-state index contributed by atoms with van der Waals surface area (Å²) < 4.78 is 11.0. The molecule has 1 fully saturated rings. The van der Waals surface area contributed by atoms with Gasteiger partial charge in [0.25, 0.3) is 5.91 Å². The SMILES string of the molecule is CN(CCOc1cccc(Cl)c1)C(=O)C1CNCCO1.Cl. The molecule has 5 nitrogen and oxygen atoms in total. The van der Waals surface area contributed by atoms with E-state index in [4.69, 9.17) is 21.1 Å². The molecule has 0 spiro atoms. The van der Waals surface area contributed by atoms with Crippen LogP contribution in [0.3, 0.4) is 0 Å². The second-order valence-corrected chi connectivity index (χ2v) is 5.07. The maximum atomic E-state index is 12.1. The number of nitrogens with zero attached hydrogens (tertiary/aromatic N) is 1. The number of amides is 1. The lowest BCUT2D eigenvalue weighted by molar-refractivity contribution is -0.144. The molecule has 0 saturated carbocycles. The molecule has 1 N–H and O–H groups in total. The molecule has 0 aromatic heterocycles. The maximum absolute atomic E-state index is 12.1. The van der Waals surface area contributed by atoms with E-state index in [1.165, 1.54) is 0 Å². The number of carbonyl (C=O) groups is 1. The summed E-state index contributed by atoms with van der Waals surface area (Å²) in [4.78, 5) is 13.7. The average Bonchev–Trinajstić information content (AvgIpc) is 2.47. The molecule has 1 aromatic rings. The summed E-state index contributed by atoms with van der Waals surface area (Å²) >= 11 is 5.87. The lowest BCUT2D eigenvalue weighted by Gasteiger charge is -2.27. The van der Waals surface area contributed by atoms with Crippen molar-refractivity contribution in [2.45, 2.75) is 6.10 Å². The monoisotopic (exact) mass is 334 g/mol. The fourth-order valence-corrected chi connectivity index (χ4v) is 2.12. The number of nitrogens with one attached hydrogen (secondary N) is 1. The number of carbonyl (C=O) groups excluding carboxylic acids is 1. The summed E-state index contributed by atoms with van der Waals surface area (Å²) in [6.07, 6.45) is -0.389. The highest BCUT2D eigenvalue weighted by atomic mass is 35.5. The minimum absolute atomic E-state index is 0. The van der Waals surface area contributed by atoms with Crippen molar-refractivity contribution in [1.29, 1.82) is 0 Å². The fraction of sp³-hybridized carbons (Fsp3) is 0.500. The summed E-state index contributed by atoms with van der Waals surface area (Å²) in [5.41, 5.74) is 0. The van der Waals surface area contributed by atoms with Crippen LogP contribution in [0.5, 0.6) is 5.75 Å². The summed E-state index contributed by atoms with van der Waals surface area (Å²) in [6.45, 7) is 2.86. The minimum atomic E-state index is -0.389. The zero-order valence-electron chi connectivity index (χ0n) is 11.9. The van der Waals surface area contributed by atoms with Crippen LogP contribution in [0.2, 0.25) is 5.02 Å². The van der Waals surface area contributed by atoms with Crippen molar-refractivity contribution in [2.24, 2.45) is 0 Å². The minimum Gasteiger partial charge on any atom is -0.492 e. The van der Waals surface area contributed by atoms with Gasteiger partial charge in [-0.3, -0.25) is 4.79 Å². The largest absolute Gasteiger partial charge is 0.492 e. The molecule has 0 radical (unpaired) electrons. The zero-order valence-corrected chi connectivity index (χ0v) is 13.5. The third-order valence-corrected chi connectivity index (χ3v) is 3.31. The molecule has 1 unspecified atom stereocenters. The van der Waals surface area contributed by atoms with Crippen molar-refractivity contribution in [1.82, 2.24) is 10.2 Å². The van der Waals surface area contributed by atoms with Crippen LogP contribution in [0, 0.1) is 0 Å². The van der Waals surface area contributed by atoms with Crippen molar-refractivity contribution >= 4 is 29.9 Å². The first-order valence-corrected chi connectivity index (χ1v) is 7.00. The number of morpholine rings is 1. The van der Waals surface area contributed by atoms with Crippen molar-refractivity contribution in [3.05, 3.63) is 29.3 Å². The van der Waals surface area contributed by atoms with Gasteiger partial charge in [0, 0.05) is 25.2 Å². The second kappa shape index (κ2) is 9.10. The van der Waals surface area contributed by atoms with Gasteiger partial charge in [0.1, 0.15) is 18.5 Å². The Labute approximate surface area is 135 Å². The number of ether oxygens (including phenoxy) is 2. The van der Waals surface area contributed by atoms with E-state index >= 15 is 0 Å². The highest BCUT2D eigenvalue weighted by Crippen LogP contribution is 2.16. The van der Waals surface area contributed by atoms with Gasteiger partial charge in [-0.1, -0.05) is 17.7 Å². The predicted octanol–water partition coefficient (Wildman–Crippen LogP) is 1.59. The topological polar surface area (TPSA) is 50.8 Å². The number of rotatable bonds is 5. The van der Waals surface area contributed by atoms with Crippen LogP contribution in [0.15, 0.2) is 24.3 Å². The molecule has 0 aliphatic carbocycles. The second-order valence-electron chi connectivity index (χ2n) is 4.63. The fourth-order valence-electron chi connectivity index (χ4n) is 1.94. The molecular weight excluding hydrogens is 315 g/mol. The van der Waals surface area contributed by atoms with E-state index < -0.39 is 0 Å². The third kappa shape index (κ3) is 5.71. The van der Waals surface area contributed by atoms with Gasteiger partial charge in [-0.25, -0.2) is 0 Å². The molecule has 1 amide bonds. The van der Waals surface area contributed by atoms with Gasteiger partial charge < -0.3 is 19.7 Å². The Hall–Kier alpha value is -1.01. The average molecular weight is 335 g/mol. The highest BCUT2D eigenvalue weighted by molar-refractivity contribution is 6.30. The molecule has 2 rings (SSSR count). The van der Waals surface area contributed by atoms with E-state index in [2.05, 4.69) is 5.32 Å². The van der Waals surface area contributed by atoms with E-state index in [-0.39, 0.29) is 24.4 Å². The smallest absolute Gasteiger partial charge is 0.252 e. The summed E-state index contributed by atoms with van der Waals surface area (Å²) in [5, 5.41) is 3.77. The van der Waals surface area contributed by atoms with Crippen molar-refractivity contribution in [3.8, 4) is 5.75 Å². The first-order chi connectivity index (χ1) is 9.66. The number of likely N-dealkylation sites (N-methyl/N-ethyl adjacent to an activating group) is 1. The Bertz CT molecular complexity index is 454. The molecule has 7 heteroatoms. The molecule has 1 aromatic carbocycles. The van der Waals surface area contributed by atoms with Crippen LogP contribution in [0.1, 0.15) is 0 Å². The molecule has 1 heterocycles. The van der Waals surface area contributed by atoms with Gasteiger partial charge >= 0.3 is 0 Å². The highest BCUT2D eigenvalue weighted by Gasteiger charge is 2.24. The van der Waals surface area contributed by atoms with Crippen LogP contribution in [0.4, 0.5) is 0 Å². The predicted molar refractivity (Wildman–Crippen MR) is 84.4 cm³/mol. The third-order valence-electron chi connectivity index (χ3n) is 3.07. The Morgan fingerprint density at radius 3 is 3.05 bits per heavy atom. The number of halogens is 2. The summed E-state index contributed by atoms with van der Waals surface area (Å²) in [5.74, 6) is 0.681. The molecule has 21 heavy (non-hydrogen) atoms. The quantitative estimate of drug-likeness (QED) is 0.888. The lowest BCUT2D eigenvalue weighted by Crippen LogP contribution is -2.49. The molecule has 1 atom stereocenters. The first kappa shape index (κ1) is 18.0. The summed E-state index contributed by atoms with van der Waals surface area (Å²) in [7, 11) is 1.75. The van der Waals surface area contributed by atoms with Gasteiger partial charge in [-0.15, -0.1) is 12.4 Å². The Balaban J connectivity index is 0.00000220. The van der Waals surface area contributed by atoms with Gasteiger partial charge in [-0.05, 0) is 18.2 Å². The number of benzene rings is 1. The van der Waals surface area contributed by atoms with E-state index in [0.717, 1.165) is 6.54 Å². The summed E-state index contributed by atoms with van der Waals surface area (Å²) in [6, 6.07) is 7.20. The van der Waals surface area contributed by atoms with E-state index in [1.54, 1.807) is 24.1 Å². The van der Waals surface area contributed by atoms with Crippen LogP contribution >= 0.6 is 24.0 Å². The van der Waals surface area contributed by atoms with E-state index in [0.29, 0.717) is 37.1 Å². The van der Waals surface area contributed by atoms with Crippen LogP contribution in [-0.2, 0) is 9.53 Å². The maximum Gasteiger partial charge on any atom is 0.252 e. The van der Waals surface area contributed by atoms with Gasteiger partial charge in [-0.2, -0.15) is 0 Å². The molecule has 1 saturated heterocycles. The van der Waals surface area contributed by atoms with Crippen LogP contribution < -0.4 is 10.1 Å².